The Bertz CT molecular complexity index is 519. The Kier molecular flexibility index (Phi) is 3.06. The molecule has 0 aliphatic carbocycles. The molecule has 5 heteroatoms. The van der Waals surface area contributed by atoms with Crippen molar-refractivity contribution in [3.8, 4) is 0 Å². The minimum Gasteiger partial charge on any atom is -0.314 e. The highest BCUT2D eigenvalue weighted by atomic mass is 15.3. The van der Waals surface area contributed by atoms with Crippen LogP contribution in [-0.4, -0.2) is 31.7 Å². The molecule has 1 aliphatic heterocycles. The molecule has 0 spiro atoms. The van der Waals surface area contributed by atoms with E-state index in [1.807, 2.05) is 24.4 Å². The smallest absolute Gasteiger partial charge is 0.147 e. The van der Waals surface area contributed by atoms with Gasteiger partial charge in [0.25, 0.3) is 0 Å². The number of aryl methyl sites for hydroxylation is 1. The van der Waals surface area contributed by atoms with Crippen molar-refractivity contribution in [2.45, 2.75) is 32.5 Å². The number of hydrogen-bond donors (Lipinski definition) is 0. The van der Waals surface area contributed by atoms with E-state index in [9.17, 15) is 0 Å². The Hall–Kier alpha value is -1.75. The zero-order chi connectivity index (χ0) is 12.4. The number of fused-ring (bicyclic) bond motifs is 1. The van der Waals surface area contributed by atoms with E-state index < -0.39 is 0 Å². The molecule has 0 saturated heterocycles. The van der Waals surface area contributed by atoms with Crippen molar-refractivity contribution in [3.63, 3.8) is 0 Å². The Morgan fingerprint density at radius 3 is 3.06 bits per heavy atom. The molecule has 0 fully saturated rings. The van der Waals surface area contributed by atoms with Gasteiger partial charge in [-0.05, 0) is 25.6 Å². The zero-order valence-electron chi connectivity index (χ0n) is 10.6. The molecule has 0 N–H and O–H groups in total. The highest BCUT2D eigenvalue weighted by Crippen LogP contribution is 2.15. The fourth-order valence-corrected chi connectivity index (χ4v) is 2.39. The topological polar surface area (TPSA) is 46.8 Å². The zero-order valence-corrected chi connectivity index (χ0v) is 10.6. The van der Waals surface area contributed by atoms with Crippen molar-refractivity contribution in [2.75, 3.05) is 7.05 Å². The van der Waals surface area contributed by atoms with Crippen LogP contribution < -0.4 is 0 Å². The molecule has 0 saturated carbocycles. The van der Waals surface area contributed by atoms with E-state index >= 15 is 0 Å². The van der Waals surface area contributed by atoms with Gasteiger partial charge in [-0.3, -0.25) is 9.88 Å². The summed E-state index contributed by atoms with van der Waals surface area (Å²) in [5.74, 6) is 2.21. The fourth-order valence-electron chi connectivity index (χ4n) is 2.39. The molecule has 0 atom stereocenters. The molecule has 2 aromatic heterocycles. The Balaban J connectivity index is 1.66. The molecule has 5 nitrogen and oxygen atoms in total. The summed E-state index contributed by atoms with van der Waals surface area (Å²) in [6.45, 7) is 2.72. The van der Waals surface area contributed by atoms with E-state index in [1.54, 1.807) is 0 Å². The summed E-state index contributed by atoms with van der Waals surface area (Å²) in [5, 5.41) is 8.50. The Morgan fingerprint density at radius 2 is 2.22 bits per heavy atom. The lowest BCUT2D eigenvalue weighted by molar-refractivity contribution is 0.301. The van der Waals surface area contributed by atoms with Gasteiger partial charge in [-0.25, -0.2) is 0 Å². The van der Waals surface area contributed by atoms with Gasteiger partial charge in [0.15, 0.2) is 0 Å². The van der Waals surface area contributed by atoms with Gasteiger partial charge in [-0.2, -0.15) is 0 Å². The summed E-state index contributed by atoms with van der Waals surface area (Å²) in [6.07, 6.45) is 4.09. The molecule has 1 aliphatic rings. The van der Waals surface area contributed by atoms with Crippen LogP contribution in [0.25, 0.3) is 0 Å². The SMILES string of the molecule is CN(Cc1ccccn1)Cc1nnc2n1CCC2. The third-order valence-electron chi connectivity index (χ3n) is 3.26. The second-order valence-electron chi connectivity index (χ2n) is 4.78. The van der Waals surface area contributed by atoms with E-state index in [2.05, 4.69) is 31.7 Å². The van der Waals surface area contributed by atoms with Crippen LogP contribution in [0, 0.1) is 0 Å². The number of nitrogens with zero attached hydrogens (tertiary/aromatic N) is 5. The molecule has 2 aromatic rings. The summed E-state index contributed by atoms with van der Waals surface area (Å²) < 4.78 is 2.24. The first-order valence-corrected chi connectivity index (χ1v) is 6.32. The largest absolute Gasteiger partial charge is 0.314 e. The van der Waals surface area contributed by atoms with Gasteiger partial charge in [-0.1, -0.05) is 6.07 Å². The highest BCUT2D eigenvalue weighted by molar-refractivity contribution is 5.04. The van der Waals surface area contributed by atoms with Gasteiger partial charge in [-0.15, -0.1) is 10.2 Å². The quantitative estimate of drug-likeness (QED) is 0.811. The Labute approximate surface area is 106 Å². The van der Waals surface area contributed by atoms with Crippen LogP contribution in [0.1, 0.15) is 23.8 Å². The van der Waals surface area contributed by atoms with Gasteiger partial charge in [0.05, 0.1) is 12.2 Å². The normalized spacial score (nSPS) is 14.1. The van der Waals surface area contributed by atoms with Crippen molar-refractivity contribution in [1.29, 1.82) is 0 Å². The molecule has 3 heterocycles. The van der Waals surface area contributed by atoms with Gasteiger partial charge < -0.3 is 4.57 Å². The number of hydrogen-bond acceptors (Lipinski definition) is 4. The standard InChI is InChI=1S/C13H17N5/c1-17(9-11-5-2-3-7-14-11)10-13-16-15-12-6-4-8-18(12)13/h2-3,5,7H,4,6,8-10H2,1H3. The van der Waals surface area contributed by atoms with Crippen molar-refractivity contribution in [1.82, 2.24) is 24.6 Å². The average molecular weight is 243 g/mol. The van der Waals surface area contributed by atoms with Gasteiger partial charge >= 0.3 is 0 Å². The number of rotatable bonds is 4. The molecule has 0 unspecified atom stereocenters. The van der Waals surface area contributed by atoms with Crippen molar-refractivity contribution < 1.29 is 0 Å². The predicted molar refractivity (Wildman–Crippen MR) is 67.8 cm³/mol. The van der Waals surface area contributed by atoms with E-state index in [0.29, 0.717) is 0 Å². The number of pyridine rings is 1. The Morgan fingerprint density at radius 1 is 1.28 bits per heavy atom. The molecule has 3 rings (SSSR count). The van der Waals surface area contributed by atoms with Crippen molar-refractivity contribution in [3.05, 3.63) is 41.7 Å². The molecule has 0 radical (unpaired) electrons. The molecular weight excluding hydrogens is 226 g/mol. The third-order valence-corrected chi connectivity index (χ3v) is 3.26. The molecule has 0 aromatic carbocycles. The first-order chi connectivity index (χ1) is 8.83. The maximum atomic E-state index is 4.34. The highest BCUT2D eigenvalue weighted by Gasteiger charge is 2.18. The third kappa shape index (κ3) is 2.26. The summed E-state index contributed by atoms with van der Waals surface area (Å²) in [4.78, 5) is 6.56. The minimum absolute atomic E-state index is 0.823. The summed E-state index contributed by atoms with van der Waals surface area (Å²) in [7, 11) is 2.09. The lowest BCUT2D eigenvalue weighted by atomic mass is 10.3. The average Bonchev–Trinajstić information content (AvgIpc) is 2.95. The van der Waals surface area contributed by atoms with Crippen LogP contribution in [0.4, 0.5) is 0 Å². The van der Waals surface area contributed by atoms with Crippen LogP contribution >= 0.6 is 0 Å². The van der Waals surface area contributed by atoms with E-state index in [-0.39, 0.29) is 0 Å². The molecule has 0 amide bonds. The molecular formula is C13H17N5. The second kappa shape index (κ2) is 4.86. The van der Waals surface area contributed by atoms with E-state index in [4.69, 9.17) is 0 Å². The van der Waals surface area contributed by atoms with Gasteiger partial charge in [0, 0.05) is 25.7 Å². The predicted octanol–water partition coefficient (Wildman–Crippen LogP) is 1.25. The lowest BCUT2D eigenvalue weighted by Crippen LogP contribution is -2.20. The van der Waals surface area contributed by atoms with Gasteiger partial charge in [0.2, 0.25) is 0 Å². The lowest BCUT2D eigenvalue weighted by Gasteiger charge is -2.15. The monoisotopic (exact) mass is 243 g/mol. The van der Waals surface area contributed by atoms with Crippen LogP contribution in [0.5, 0.6) is 0 Å². The van der Waals surface area contributed by atoms with Crippen LogP contribution in [0.15, 0.2) is 24.4 Å². The fraction of sp³-hybridized carbons (Fsp3) is 0.462. The molecule has 18 heavy (non-hydrogen) atoms. The molecule has 0 bridgehead atoms. The first-order valence-electron chi connectivity index (χ1n) is 6.32. The van der Waals surface area contributed by atoms with E-state index in [0.717, 1.165) is 43.4 Å². The maximum Gasteiger partial charge on any atom is 0.147 e. The van der Waals surface area contributed by atoms with Crippen molar-refractivity contribution in [2.24, 2.45) is 0 Å². The number of aromatic nitrogens is 4. The maximum absolute atomic E-state index is 4.34. The molecule has 94 valence electrons. The minimum atomic E-state index is 0.823. The van der Waals surface area contributed by atoms with Gasteiger partial charge in [0.1, 0.15) is 11.6 Å². The summed E-state index contributed by atoms with van der Waals surface area (Å²) in [5.41, 5.74) is 1.08. The summed E-state index contributed by atoms with van der Waals surface area (Å²) in [6, 6.07) is 6.00. The summed E-state index contributed by atoms with van der Waals surface area (Å²) >= 11 is 0. The van der Waals surface area contributed by atoms with Crippen LogP contribution in [0.2, 0.25) is 0 Å². The van der Waals surface area contributed by atoms with Crippen LogP contribution in [0.3, 0.4) is 0 Å². The second-order valence-corrected chi connectivity index (χ2v) is 4.78. The van der Waals surface area contributed by atoms with Crippen molar-refractivity contribution >= 4 is 0 Å². The first kappa shape index (κ1) is 11.3. The van der Waals surface area contributed by atoms with Crippen LogP contribution in [-0.2, 0) is 26.1 Å². The van der Waals surface area contributed by atoms with E-state index in [1.165, 1.54) is 6.42 Å².